The van der Waals surface area contributed by atoms with Gasteiger partial charge in [-0.3, -0.25) is 0 Å². The molecule has 0 aliphatic heterocycles. The Bertz CT molecular complexity index is 759. The highest BCUT2D eigenvalue weighted by Crippen LogP contribution is 2.31. The largest absolute Gasteiger partial charge is 0.339 e. The van der Waals surface area contributed by atoms with Crippen molar-refractivity contribution in [3.05, 3.63) is 46.3 Å². The van der Waals surface area contributed by atoms with Crippen LogP contribution in [-0.4, -0.2) is 29.3 Å². The Balaban J connectivity index is 2.36. The Kier molecular flexibility index (Phi) is 4.63. The van der Waals surface area contributed by atoms with Crippen LogP contribution >= 0.6 is 23.2 Å². The molecule has 1 aromatic carbocycles. The molecule has 1 unspecified atom stereocenters. The van der Waals surface area contributed by atoms with E-state index in [1.54, 1.807) is 36.7 Å². The zero-order chi connectivity index (χ0) is 15.8. The predicted octanol–water partition coefficient (Wildman–Crippen LogP) is 3.11. The van der Waals surface area contributed by atoms with Gasteiger partial charge >= 0.3 is 0 Å². The second-order valence-electron chi connectivity index (χ2n) is 4.74. The van der Waals surface area contributed by atoms with Gasteiger partial charge in [0.15, 0.2) is 5.03 Å². The van der Waals surface area contributed by atoms with Crippen LogP contribution in [0.5, 0.6) is 0 Å². The van der Waals surface area contributed by atoms with Gasteiger partial charge in [-0.1, -0.05) is 29.3 Å². The summed E-state index contributed by atoms with van der Waals surface area (Å²) in [4.78, 5) is 3.90. The lowest BCUT2D eigenvalue weighted by molar-refractivity contribution is 0.397. The van der Waals surface area contributed by atoms with Gasteiger partial charge in [0.1, 0.15) is 0 Å². The monoisotopic (exact) mass is 347 g/mol. The molecule has 0 N–H and O–H groups in total. The second-order valence-corrected chi connectivity index (χ2v) is 7.53. The van der Waals surface area contributed by atoms with Crippen LogP contribution in [0.15, 0.2) is 35.7 Å². The van der Waals surface area contributed by atoms with Crippen LogP contribution in [0.3, 0.4) is 0 Å². The normalized spacial score (nSPS) is 13.6. The van der Waals surface area contributed by atoms with Crippen molar-refractivity contribution in [2.24, 2.45) is 7.05 Å². The second kappa shape index (κ2) is 5.96. The molecule has 2 aromatic rings. The van der Waals surface area contributed by atoms with Crippen molar-refractivity contribution in [2.45, 2.75) is 18.0 Å². The predicted molar refractivity (Wildman–Crippen MR) is 83.0 cm³/mol. The van der Waals surface area contributed by atoms with Crippen LogP contribution in [0.2, 0.25) is 10.0 Å². The highest BCUT2D eigenvalue weighted by Gasteiger charge is 2.29. The topological polar surface area (TPSA) is 55.2 Å². The van der Waals surface area contributed by atoms with E-state index in [0.717, 1.165) is 0 Å². The molecule has 21 heavy (non-hydrogen) atoms. The van der Waals surface area contributed by atoms with Crippen molar-refractivity contribution in [2.75, 3.05) is 7.05 Å². The highest BCUT2D eigenvalue weighted by molar-refractivity contribution is 7.89. The van der Waals surface area contributed by atoms with Crippen molar-refractivity contribution in [3.8, 4) is 0 Å². The Morgan fingerprint density at radius 3 is 2.52 bits per heavy atom. The van der Waals surface area contributed by atoms with Crippen molar-refractivity contribution < 1.29 is 8.42 Å². The molecule has 0 aliphatic rings. The number of sulfonamides is 1. The first-order valence-corrected chi connectivity index (χ1v) is 8.34. The van der Waals surface area contributed by atoms with Crippen LogP contribution in [0.25, 0.3) is 0 Å². The summed E-state index contributed by atoms with van der Waals surface area (Å²) in [5.74, 6) is 0. The molecule has 114 valence electrons. The molecule has 1 heterocycles. The fourth-order valence-corrected chi connectivity index (χ4v) is 3.79. The molecule has 0 saturated heterocycles. The maximum absolute atomic E-state index is 12.5. The van der Waals surface area contributed by atoms with Gasteiger partial charge in [0.2, 0.25) is 0 Å². The van der Waals surface area contributed by atoms with Crippen LogP contribution in [0.4, 0.5) is 0 Å². The minimum atomic E-state index is -3.68. The minimum absolute atomic E-state index is 0.00411. The first-order valence-electron chi connectivity index (χ1n) is 6.14. The van der Waals surface area contributed by atoms with E-state index in [2.05, 4.69) is 4.98 Å². The van der Waals surface area contributed by atoms with Crippen LogP contribution in [0.1, 0.15) is 18.5 Å². The molecule has 1 aromatic heterocycles. The van der Waals surface area contributed by atoms with E-state index in [-0.39, 0.29) is 5.03 Å². The van der Waals surface area contributed by atoms with E-state index >= 15 is 0 Å². The summed E-state index contributed by atoms with van der Waals surface area (Å²) in [5.41, 5.74) is 0.683. The van der Waals surface area contributed by atoms with Gasteiger partial charge in [0.05, 0.1) is 6.33 Å². The van der Waals surface area contributed by atoms with Gasteiger partial charge in [-0.2, -0.15) is 4.31 Å². The minimum Gasteiger partial charge on any atom is -0.339 e. The standard InChI is InChI=1S/C13H15Cl2N3O2S/c1-9(11-5-4-10(14)6-12(11)15)18(3)21(19,20)13-7-17(2)8-16-13/h4-9H,1-3H3. The SMILES string of the molecule is CC(c1ccc(Cl)cc1Cl)N(C)S(=O)(=O)c1cn(C)cn1. The zero-order valence-electron chi connectivity index (χ0n) is 11.8. The van der Waals surface area contributed by atoms with Crippen LogP contribution < -0.4 is 0 Å². The summed E-state index contributed by atoms with van der Waals surface area (Å²) >= 11 is 12.0. The maximum atomic E-state index is 12.5. The lowest BCUT2D eigenvalue weighted by Crippen LogP contribution is -2.30. The lowest BCUT2D eigenvalue weighted by atomic mass is 10.1. The quantitative estimate of drug-likeness (QED) is 0.853. The molecule has 5 nitrogen and oxygen atoms in total. The van der Waals surface area contributed by atoms with E-state index < -0.39 is 16.1 Å². The molecular formula is C13H15Cl2N3O2S. The molecule has 8 heteroatoms. The van der Waals surface area contributed by atoms with Gasteiger partial charge in [0, 0.05) is 36.4 Å². The van der Waals surface area contributed by atoms with E-state index in [9.17, 15) is 8.42 Å². The molecule has 0 aliphatic carbocycles. The summed E-state index contributed by atoms with van der Waals surface area (Å²) < 4.78 is 27.9. The Morgan fingerprint density at radius 1 is 1.33 bits per heavy atom. The van der Waals surface area contributed by atoms with E-state index in [0.29, 0.717) is 15.6 Å². The number of imidazole rings is 1. The number of rotatable bonds is 4. The van der Waals surface area contributed by atoms with Gasteiger partial charge in [0.25, 0.3) is 10.0 Å². The number of benzene rings is 1. The smallest absolute Gasteiger partial charge is 0.262 e. The molecule has 0 saturated carbocycles. The maximum Gasteiger partial charge on any atom is 0.262 e. The summed E-state index contributed by atoms with van der Waals surface area (Å²) in [6.07, 6.45) is 2.91. The number of aryl methyl sites for hydroxylation is 1. The zero-order valence-corrected chi connectivity index (χ0v) is 14.1. The molecular weight excluding hydrogens is 333 g/mol. The number of halogens is 2. The third-order valence-electron chi connectivity index (χ3n) is 3.28. The van der Waals surface area contributed by atoms with E-state index in [1.807, 2.05) is 0 Å². The molecule has 0 bridgehead atoms. The van der Waals surface area contributed by atoms with Crippen molar-refractivity contribution in [1.29, 1.82) is 0 Å². The van der Waals surface area contributed by atoms with Crippen molar-refractivity contribution >= 4 is 33.2 Å². The number of hydrogen-bond donors (Lipinski definition) is 0. The summed E-state index contributed by atoms with van der Waals surface area (Å²) in [7, 11) is -0.469. The first kappa shape index (κ1) is 16.3. The average Bonchev–Trinajstić information content (AvgIpc) is 2.84. The summed E-state index contributed by atoms with van der Waals surface area (Å²) in [5, 5.41) is 0.939. The number of nitrogens with zero attached hydrogens (tertiary/aromatic N) is 3. The first-order chi connectivity index (χ1) is 9.73. The highest BCUT2D eigenvalue weighted by atomic mass is 35.5. The van der Waals surface area contributed by atoms with Crippen LogP contribution in [0, 0.1) is 0 Å². The Morgan fingerprint density at radius 2 is 2.00 bits per heavy atom. The summed E-state index contributed by atoms with van der Waals surface area (Å²) in [6.45, 7) is 1.76. The molecule has 0 spiro atoms. The van der Waals surface area contributed by atoms with Gasteiger partial charge < -0.3 is 4.57 Å². The fourth-order valence-electron chi connectivity index (χ4n) is 1.91. The Hall–Kier alpha value is -1.08. The molecule has 2 rings (SSSR count). The van der Waals surface area contributed by atoms with Gasteiger partial charge in [-0.25, -0.2) is 13.4 Å². The average molecular weight is 348 g/mol. The summed E-state index contributed by atoms with van der Waals surface area (Å²) in [6, 6.07) is 4.55. The molecule has 0 radical (unpaired) electrons. The lowest BCUT2D eigenvalue weighted by Gasteiger charge is -2.24. The Labute approximate surface area is 134 Å². The van der Waals surface area contributed by atoms with Crippen molar-refractivity contribution in [3.63, 3.8) is 0 Å². The third-order valence-corrected chi connectivity index (χ3v) is 5.66. The fraction of sp³-hybridized carbons (Fsp3) is 0.308. The van der Waals surface area contributed by atoms with Gasteiger partial charge in [-0.15, -0.1) is 0 Å². The molecule has 0 amide bonds. The third kappa shape index (κ3) is 3.23. The van der Waals surface area contributed by atoms with E-state index in [4.69, 9.17) is 23.2 Å². The molecule has 0 fully saturated rings. The van der Waals surface area contributed by atoms with Crippen LogP contribution in [-0.2, 0) is 17.1 Å². The van der Waals surface area contributed by atoms with Gasteiger partial charge in [-0.05, 0) is 24.6 Å². The number of aromatic nitrogens is 2. The van der Waals surface area contributed by atoms with Crippen molar-refractivity contribution in [1.82, 2.24) is 13.9 Å². The number of hydrogen-bond acceptors (Lipinski definition) is 3. The molecule has 1 atom stereocenters. The van der Waals surface area contributed by atoms with E-state index in [1.165, 1.54) is 23.9 Å².